The van der Waals surface area contributed by atoms with Crippen molar-refractivity contribution in [2.24, 2.45) is 29.1 Å². The van der Waals surface area contributed by atoms with Crippen LogP contribution in [-0.4, -0.2) is 37.1 Å². The van der Waals surface area contributed by atoms with Crippen LogP contribution in [0.1, 0.15) is 61.7 Å². The molecule has 3 N–H and O–H groups in total. The Morgan fingerprint density at radius 3 is 2.45 bits per heavy atom. The van der Waals surface area contributed by atoms with Crippen molar-refractivity contribution < 1.29 is 4.79 Å². The number of halogens is 1. The van der Waals surface area contributed by atoms with Crippen molar-refractivity contribution in [1.29, 1.82) is 0 Å². The summed E-state index contributed by atoms with van der Waals surface area (Å²) in [5, 5.41) is 10.5. The van der Waals surface area contributed by atoms with Gasteiger partial charge in [-0.05, 0) is 99.6 Å². The summed E-state index contributed by atoms with van der Waals surface area (Å²) >= 11 is 6.34. The fourth-order valence-electron chi connectivity index (χ4n) is 6.91. The Morgan fingerprint density at radius 2 is 1.79 bits per heavy atom. The number of anilines is 1. The van der Waals surface area contributed by atoms with E-state index in [1.54, 1.807) is 6.20 Å². The quantitative estimate of drug-likeness (QED) is 0.653. The molecule has 4 aliphatic carbocycles. The Labute approximate surface area is 178 Å². The SMILES string of the molecule is O=C(NCC12CC3CC(CC(C3)C1)C2)c1cc(NCC2CCNCC2)ncc1Cl. The number of hydrogen-bond acceptors (Lipinski definition) is 4. The fraction of sp³-hybridized carbons (Fsp3) is 0.739. The molecule has 0 radical (unpaired) electrons. The first-order valence-electron chi connectivity index (χ1n) is 11.5. The normalized spacial score (nSPS) is 33.6. The van der Waals surface area contributed by atoms with E-state index in [4.69, 9.17) is 11.6 Å². The molecule has 29 heavy (non-hydrogen) atoms. The van der Waals surface area contributed by atoms with Crippen LogP contribution in [0.15, 0.2) is 12.3 Å². The van der Waals surface area contributed by atoms with Crippen molar-refractivity contribution >= 4 is 23.3 Å². The lowest BCUT2D eigenvalue weighted by molar-refractivity contribution is -0.0503. The van der Waals surface area contributed by atoms with Crippen molar-refractivity contribution in [3.05, 3.63) is 22.8 Å². The summed E-state index contributed by atoms with van der Waals surface area (Å²) in [6.07, 6.45) is 12.1. The number of hydrogen-bond donors (Lipinski definition) is 3. The van der Waals surface area contributed by atoms with E-state index >= 15 is 0 Å². The zero-order valence-corrected chi connectivity index (χ0v) is 17.9. The number of carbonyl (C=O) groups is 1. The summed E-state index contributed by atoms with van der Waals surface area (Å²) in [4.78, 5) is 17.3. The van der Waals surface area contributed by atoms with Gasteiger partial charge in [0.2, 0.25) is 0 Å². The van der Waals surface area contributed by atoms with Gasteiger partial charge in [-0.15, -0.1) is 0 Å². The summed E-state index contributed by atoms with van der Waals surface area (Å²) in [5.41, 5.74) is 0.874. The second-order valence-electron chi connectivity index (χ2n) is 10.2. The molecule has 0 aromatic carbocycles. The van der Waals surface area contributed by atoms with Gasteiger partial charge in [0.15, 0.2) is 0 Å². The molecule has 1 aliphatic heterocycles. The Hall–Kier alpha value is -1.33. The first kappa shape index (κ1) is 19.6. The van der Waals surface area contributed by atoms with Gasteiger partial charge in [0, 0.05) is 19.3 Å². The molecule has 1 aromatic heterocycles. The van der Waals surface area contributed by atoms with Crippen molar-refractivity contribution in [2.45, 2.75) is 51.4 Å². The van der Waals surface area contributed by atoms with Gasteiger partial charge >= 0.3 is 0 Å². The number of nitrogens with zero attached hydrogens (tertiary/aromatic N) is 1. The first-order chi connectivity index (χ1) is 14.1. The molecule has 6 rings (SSSR count). The highest BCUT2D eigenvalue weighted by molar-refractivity contribution is 6.33. The minimum atomic E-state index is -0.0574. The summed E-state index contributed by atoms with van der Waals surface area (Å²) in [7, 11) is 0. The molecular weight excluding hydrogens is 384 g/mol. The molecule has 4 bridgehead atoms. The van der Waals surface area contributed by atoms with Gasteiger partial charge in [-0.2, -0.15) is 0 Å². The third-order valence-electron chi connectivity index (χ3n) is 7.92. The highest BCUT2D eigenvalue weighted by Gasteiger charge is 2.50. The van der Waals surface area contributed by atoms with E-state index in [1.165, 1.54) is 51.4 Å². The van der Waals surface area contributed by atoms with Crippen LogP contribution in [0.3, 0.4) is 0 Å². The second-order valence-corrected chi connectivity index (χ2v) is 10.6. The molecule has 1 saturated heterocycles. The van der Waals surface area contributed by atoms with E-state index in [0.717, 1.165) is 49.8 Å². The van der Waals surface area contributed by atoms with E-state index in [9.17, 15) is 4.79 Å². The second kappa shape index (κ2) is 8.07. The number of piperidine rings is 1. The third kappa shape index (κ3) is 4.27. The van der Waals surface area contributed by atoms with E-state index in [1.807, 2.05) is 6.07 Å². The molecular formula is C23H33ClN4O. The maximum absolute atomic E-state index is 13.0. The lowest BCUT2D eigenvalue weighted by Crippen LogP contribution is -2.51. The van der Waals surface area contributed by atoms with Crippen molar-refractivity contribution in [3.8, 4) is 0 Å². The number of aromatic nitrogens is 1. The van der Waals surface area contributed by atoms with Crippen LogP contribution in [0, 0.1) is 29.1 Å². The monoisotopic (exact) mass is 416 g/mol. The minimum absolute atomic E-state index is 0.0574. The van der Waals surface area contributed by atoms with Crippen LogP contribution < -0.4 is 16.0 Å². The highest BCUT2D eigenvalue weighted by Crippen LogP contribution is 2.59. The molecule has 0 spiro atoms. The van der Waals surface area contributed by atoms with Crippen LogP contribution >= 0.6 is 11.6 Å². The molecule has 5 aliphatic rings. The van der Waals surface area contributed by atoms with Gasteiger partial charge in [-0.25, -0.2) is 4.98 Å². The Kier molecular flexibility index (Phi) is 5.46. The first-order valence-corrected chi connectivity index (χ1v) is 11.8. The molecule has 0 unspecified atom stereocenters. The summed E-state index contributed by atoms with van der Waals surface area (Å²) in [5.74, 6) is 4.03. The van der Waals surface area contributed by atoms with Crippen molar-refractivity contribution in [2.75, 3.05) is 31.5 Å². The van der Waals surface area contributed by atoms with Crippen LogP contribution in [0.2, 0.25) is 5.02 Å². The Balaban J connectivity index is 1.20. The minimum Gasteiger partial charge on any atom is -0.370 e. The smallest absolute Gasteiger partial charge is 0.253 e. The van der Waals surface area contributed by atoms with Crippen molar-refractivity contribution in [3.63, 3.8) is 0 Å². The van der Waals surface area contributed by atoms with E-state index < -0.39 is 0 Å². The highest BCUT2D eigenvalue weighted by atomic mass is 35.5. The molecule has 5 fully saturated rings. The topological polar surface area (TPSA) is 66.1 Å². The van der Waals surface area contributed by atoms with Crippen LogP contribution in [0.25, 0.3) is 0 Å². The van der Waals surface area contributed by atoms with Crippen molar-refractivity contribution in [1.82, 2.24) is 15.6 Å². The molecule has 6 heteroatoms. The largest absolute Gasteiger partial charge is 0.370 e. The molecule has 4 saturated carbocycles. The van der Waals surface area contributed by atoms with E-state index in [2.05, 4.69) is 20.9 Å². The molecule has 158 valence electrons. The van der Waals surface area contributed by atoms with Gasteiger partial charge in [0.05, 0.1) is 10.6 Å². The van der Waals surface area contributed by atoms with E-state index in [0.29, 0.717) is 21.9 Å². The molecule has 1 aromatic rings. The average Bonchev–Trinajstić information content (AvgIpc) is 2.71. The molecule has 0 atom stereocenters. The molecule has 2 heterocycles. The predicted octanol–water partition coefficient (Wildman–Crippen LogP) is 4.09. The maximum atomic E-state index is 13.0. The van der Waals surface area contributed by atoms with Crippen LogP contribution in [-0.2, 0) is 0 Å². The zero-order chi connectivity index (χ0) is 19.8. The molecule has 5 nitrogen and oxygen atoms in total. The number of carbonyl (C=O) groups excluding carboxylic acids is 1. The van der Waals surface area contributed by atoms with E-state index in [-0.39, 0.29) is 5.91 Å². The Bertz CT molecular complexity index is 726. The van der Waals surface area contributed by atoms with Gasteiger partial charge in [0.1, 0.15) is 5.82 Å². The number of rotatable bonds is 6. The Morgan fingerprint density at radius 1 is 1.14 bits per heavy atom. The average molecular weight is 417 g/mol. The number of amides is 1. The fourth-order valence-corrected chi connectivity index (χ4v) is 7.10. The molecule has 1 amide bonds. The summed E-state index contributed by atoms with van der Waals surface area (Å²) in [6.45, 7) is 3.85. The maximum Gasteiger partial charge on any atom is 0.253 e. The standard InChI is InChI=1S/C23H33ClN4O/c24-20-13-27-21(26-12-15-1-3-25-4-2-15)8-19(20)22(29)28-14-23-9-16-5-17(10-23)7-18(6-16)11-23/h8,13,15-18,25H,1-7,9-12,14H2,(H,26,27)(H,28,29). The lowest BCUT2D eigenvalue weighted by Gasteiger charge is -2.56. The third-order valence-corrected chi connectivity index (χ3v) is 8.22. The number of pyridine rings is 1. The van der Waals surface area contributed by atoms with Crippen LogP contribution in [0.5, 0.6) is 0 Å². The van der Waals surface area contributed by atoms with Gasteiger partial charge in [-0.3, -0.25) is 4.79 Å². The van der Waals surface area contributed by atoms with Crippen LogP contribution in [0.4, 0.5) is 5.82 Å². The van der Waals surface area contributed by atoms with Gasteiger partial charge in [-0.1, -0.05) is 11.6 Å². The predicted molar refractivity (Wildman–Crippen MR) is 116 cm³/mol. The van der Waals surface area contributed by atoms with Gasteiger partial charge < -0.3 is 16.0 Å². The summed E-state index contributed by atoms with van der Waals surface area (Å²) < 4.78 is 0. The summed E-state index contributed by atoms with van der Waals surface area (Å²) in [6, 6.07) is 1.82. The lowest BCUT2D eigenvalue weighted by atomic mass is 9.49. The van der Waals surface area contributed by atoms with Gasteiger partial charge in [0.25, 0.3) is 5.91 Å². The number of nitrogens with one attached hydrogen (secondary N) is 3. The zero-order valence-electron chi connectivity index (χ0n) is 17.2.